The van der Waals surface area contributed by atoms with Crippen molar-refractivity contribution < 1.29 is 4.79 Å². The molecule has 0 radical (unpaired) electrons. The minimum atomic E-state index is -0.212. The Morgan fingerprint density at radius 3 is 3.07 bits per heavy atom. The van der Waals surface area contributed by atoms with Crippen molar-refractivity contribution in [3.05, 3.63) is 18.0 Å². The van der Waals surface area contributed by atoms with E-state index in [0.29, 0.717) is 5.82 Å². The second-order valence-electron chi connectivity index (χ2n) is 2.63. The molecule has 2 heterocycles. The fraction of sp³-hybridized carbons (Fsp3) is 0.333. The van der Waals surface area contributed by atoms with Gasteiger partial charge in [0.15, 0.2) is 11.6 Å². The molecule has 0 unspecified atom stereocenters. The lowest BCUT2D eigenvalue weighted by Crippen LogP contribution is -2.07. The van der Waals surface area contributed by atoms with Gasteiger partial charge in [0, 0.05) is 0 Å². The first-order chi connectivity index (χ1) is 6.75. The van der Waals surface area contributed by atoms with E-state index in [0.717, 1.165) is 0 Å². The summed E-state index contributed by atoms with van der Waals surface area (Å²) in [5.41, 5.74) is 0. The molecule has 0 spiro atoms. The molecule has 8 heteroatoms. The number of carbonyl (C=O) groups is 1. The van der Waals surface area contributed by atoms with Gasteiger partial charge in [-0.3, -0.25) is 9.89 Å². The van der Waals surface area contributed by atoms with Gasteiger partial charge in [0.05, 0.1) is 13.5 Å². The number of tetrazole rings is 1. The van der Waals surface area contributed by atoms with Crippen molar-refractivity contribution in [1.82, 2.24) is 35.4 Å². The lowest BCUT2D eigenvalue weighted by Gasteiger charge is -1.89. The molecule has 1 N–H and O–H groups in total. The van der Waals surface area contributed by atoms with Crippen LogP contribution in [0.15, 0.2) is 6.33 Å². The lowest BCUT2D eigenvalue weighted by molar-refractivity contribution is 0.0981. The normalized spacial score (nSPS) is 10.4. The summed E-state index contributed by atoms with van der Waals surface area (Å²) in [7, 11) is 1.63. The van der Waals surface area contributed by atoms with E-state index >= 15 is 0 Å². The van der Waals surface area contributed by atoms with Gasteiger partial charge in [-0.1, -0.05) is 0 Å². The molecule has 0 aliphatic carbocycles. The van der Waals surface area contributed by atoms with Crippen LogP contribution in [0.5, 0.6) is 0 Å². The largest absolute Gasteiger partial charge is 0.290 e. The topological polar surface area (TPSA) is 102 Å². The van der Waals surface area contributed by atoms with Crippen molar-refractivity contribution in [3.8, 4) is 0 Å². The Balaban J connectivity index is 2.09. The molecule has 0 aliphatic rings. The van der Waals surface area contributed by atoms with Crippen LogP contribution in [0.1, 0.15) is 16.4 Å². The third kappa shape index (κ3) is 1.63. The Morgan fingerprint density at radius 2 is 2.50 bits per heavy atom. The Hall–Kier alpha value is -2.12. The van der Waals surface area contributed by atoms with Crippen LogP contribution in [0.25, 0.3) is 0 Å². The van der Waals surface area contributed by atoms with Crippen LogP contribution in [-0.2, 0) is 13.5 Å². The van der Waals surface area contributed by atoms with Gasteiger partial charge in [-0.25, -0.2) is 4.98 Å². The van der Waals surface area contributed by atoms with Crippen molar-refractivity contribution in [2.24, 2.45) is 7.05 Å². The highest BCUT2D eigenvalue weighted by atomic mass is 16.1. The first-order valence-electron chi connectivity index (χ1n) is 3.87. The quantitative estimate of drug-likeness (QED) is 0.611. The van der Waals surface area contributed by atoms with E-state index in [1.165, 1.54) is 11.1 Å². The molecule has 0 saturated carbocycles. The monoisotopic (exact) mass is 193 g/mol. The summed E-state index contributed by atoms with van der Waals surface area (Å²) in [6.45, 7) is 0. The zero-order valence-corrected chi connectivity index (χ0v) is 7.38. The summed E-state index contributed by atoms with van der Waals surface area (Å²) in [5.74, 6) is 0.363. The number of H-pyrrole nitrogens is 1. The number of aromatic amines is 1. The van der Waals surface area contributed by atoms with E-state index in [-0.39, 0.29) is 18.0 Å². The number of rotatable bonds is 3. The second-order valence-corrected chi connectivity index (χ2v) is 2.63. The van der Waals surface area contributed by atoms with Gasteiger partial charge < -0.3 is 0 Å². The average Bonchev–Trinajstić information content (AvgIpc) is 2.75. The fourth-order valence-electron chi connectivity index (χ4n) is 0.961. The Labute approximate surface area is 78.3 Å². The average molecular weight is 193 g/mol. The predicted octanol–water partition coefficient (Wildman–Crippen LogP) is -1.25. The Bertz CT molecular complexity index is 431. The summed E-state index contributed by atoms with van der Waals surface area (Å²) in [6.07, 6.45) is 1.35. The van der Waals surface area contributed by atoms with E-state index < -0.39 is 0 Å². The zero-order valence-electron chi connectivity index (χ0n) is 7.38. The Kier molecular flexibility index (Phi) is 2.01. The first-order valence-corrected chi connectivity index (χ1v) is 3.87. The van der Waals surface area contributed by atoms with Crippen molar-refractivity contribution in [3.63, 3.8) is 0 Å². The number of aromatic nitrogens is 7. The van der Waals surface area contributed by atoms with Crippen molar-refractivity contribution in [2.75, 3.05) is 0 Å². The summed E-state index contributed by atoms with van der Waals surface area (Å²) in [5, 5.41) is 17.2. The standard InChI is InChI=1S/C6H7N7O/c1-13-11-5(9-12-13)2-4(14)6-7-3-8-10-6/h3H,2H2,1H3,(H,7,8,10). The van der Waals surface area contributed by atoms with E-state index in [1.54, 1.807) is 7.05 Å². The summed E-state index contributed by atoms with van der Waals surface area (Å²) < 4.78 is 0. The van der Waals surface area contributed by atoms with Crippen molar-refractivity contribution in [2.45, 2.75) is 6.42 Å². The summed E-state index contributed by atoms with van der Waals surface area (Å²) >= 11 is 0. The number of aryl methyl sites for hydroxylation is 1. The van der Waals surface area contributed by atoms with Gasteiger partial charge in [-0.05, 0) is 5.21 Å². The number of Topliss-reactive ketones (excluding diaryl/α,β-unsaturated/α-hetero) is 1. The van der Waals surface area contributed by atoms with Gasteiger partial charge in [0.1, 0.15) is 6.33 Å². The fourth-order valence-corrected chi connectivity index (χ4v) is 0.961. The summed E-state index contributed by atoms with van der Waals surface area (Å²) in [4.78, 5) is 16.4. The van der Waals surface area contributed by atoms with Gasteiger partial charge in [0.25, 0.3) is 0 Å². The molecule has 0 aliphatic heterocycles. The molecule has 8 nitrogen and oxygen atoms in total. The SMILES string of the molecule is Cn1nnc(CC(=O)c2ncn[nH]2)n1. The van der Waals surface area contributed by atoms with E-state index in [4.69, 9.17) is 0 Å². The molecule has 0 amide bonds. The van der Waals surface area contributed by atoms with Gasteiger partial charge in [-0.2, -0.15) is 9.90 Å². The van der Waals surface area contributed by atoms with E-state index in [1.807, 2.05) is 0 Å². The minimum Gasteiger partial charge on any atom is -0.290 e. The van der Waals surface area contributed by atoms with Gasteiger partial charge >= 0.3 is 0 Å². The highest BCUT2D eigenvalue weighted by Crippen LogP contribution is 1.95. The van der Waals surface area contributed by atoms with E-state index in [9.17, 15) is 4.79 Å². The number of nitrogens with zero attached hydrogens (tertiary/aromatic N) is 6. The maximum Gasteiger partial charge on any atom is 0.207 e. The lowest BCUT2D eigenvalue weighted by atomic mass is 10.2. The molecule has 0 aromatic carbocycles. The molecule has 2 rings (SSSR count). The molecule has 0 atom stereocenters. The summed E-state index contributed by atoms with van der Waals surface area (Å²) in [6, 6.07) is 0. The number of ketones is 1. The first kappa shape index (κ1) is 8.48. The second kappa shape index (κ2) is 3.32. The molecular formula is C6H7N7O. The van der Waals surface area contributed by atoms with Crippen LogP contribution in [0.2, 0.25) is 0 Å². The third-order valence-electron chi connectivity index (χ3n) is 1.55. The molecule has 2 aromatic heterocycles. The molecular weight excluding hydrogens is 186 g/mol. The highest BCUT2D eigenvalue weighted by Gasteiger charge is 2.12. The smallest absolute Gasteiger partial charge is 0.207 e. The van der Waals surface area contributed by atoms with Crippen LogP contribution in [-0.4, -0.2) is 41.2 Å². The van der Waals surface area contributed by atoms with Crippen LogP contribution < -0.4 is 0 Å². The minimum absolute atomic E-state index is 0.0725. The van der Waals surface area contributed by atoms with E-state index in [2.05, 4.69) is 30.6 Å². The number of hydrogen-bond acceptors (Lipinski definition) is 6. The molecule has 0 saturated heterocycles. The van der Waals surface area contributed by atoms with Crippen LogP contribution in [0, 0.1) is 0 Å². The number of carbonyl (C=O) groups excluding carboxylic acids is 1. The Morgan fingerprint density at radius 1 is 1.64 bits per heavy atom. The predicted molar refractivity (Wildman–Crippen MR) is 43.2 cm³/mol. The number of nitrogens with one attached hydrogen (secondary N) is 1. The van der Waals surface area contributed by atoms with Crippen molar-refractivity contribution >= 4 is 5.78 Å². The number of hydrogen-bond donors (Lipinski definition) is 1. The van der Waals surface area contributed by atoms with Crippen LogP contribution >= 0.6 is 0 Å². The van der Waals surface area contributed by atoms with Crippen molar-refractivity contribution in [1.29, 1.82) is 0 Å². The van der Waals surface area contributed by atoms with Crippen LogP contribution in [0.4, 0.5) is 0 Å². The third-order valence-corrected chi connectivity index (χ3v) is 1.55. The van der Waals surface area contributed by atoms with Crippen LogP contribution in [0.3, 0.4) is 0 Å². The molecule has 72 valence electrons. The van der Waals surface area contributed by atoms with Gasteiger partial charge in [0.2, 0.25) is 5.78 Å². The molecule has 0 fully saturated rings. The molecule has 14 heavy (non-hydrogen) atoms. The maximum absolute atomic E-state index is 11.4. The van der Waals surface area contributed by atoms with Gasteiger partial charge in [-0.15, -0.1) is 10.2 Å². The highest BCUT2D eigenvalue weighted by molar-refractivity contribution is 5.93. The molecule has 0 bridgehead atoms. The molecule has 2 aromatic rings. The zero-order chi connectivity index (χ0) is 9.97. The maximum atomic E-state index is 11.4.